The highest BCUT2D eigenvalue weighted by Gasteiger charge is 2.42. The highest BCUT2D eigenvalue weighted by molar-refractivity contribution is 5.93. The Balaban J connectivity index is 1.53. The summed E-state index contributed by atoms with van der Waals surface area (Å²) in [5, 5.41) is 4.36. The quantitative estimate of drug-likeness (QED) is 0.852. The molecule has 2 aliphatic heterocycles. The number of carbonyl (C=O) groups excluding carboxylic acids is 1. The first-order chi connectivity index (χ1) is 11.7. The topological polar surface area (TPSA) is 41.4 Å². The number of nitrogens with zero attached hydrogens (tertiary/aromatic N) is 4. The van der Waals surface area contributed by atoms with Gasteiger partial charge in [0.1, 0.15) is 5.69 Å². The van der Waals surface area contributed by atoms with Crippen molar-refractivity contribution in [2.45, 2.75) is 19.3 Å². The minimum absolute atomic E-state index is 0.104. The van der Waals surface area contributed by atoms with Crippen LogP contribution in [-0.2, 0) is 0 Å². The van der Waals surface area contributed by atoms with Gasteiger partial charge in [0.05, 0.1) is 11.9 Å². The third-order valence-electron chi connectivity index (χ3n) is 5.64. The van der Waals surface area contributed by atoms with Crippen molar-refractivity contribution in [3.05, 3.63) is 48.3 Å². The Morgan fingerprint density at radius 2 is 1.75 bits per heavy atom. The number of hydrogen-bond donors (Lipinski definition) is 0. The second-order valence-corrected chi connectivity index (χ2v) is 7.24. The first kappa shape index (κ1) is 15.4. The number of piperidine rings is 1. The van der Waals surface area contributed by atoms with Crippen molar-refractivity contribution in [2.75, 3.05) is 33.2 Å². The summed E-state index contributed by atoms with van der Waals surface area (Å²) in [6.07, 6.45) is 5.24. The van der Waals surface area contributed by atoms with Crippen LogP contribution in [0.3, 0.4) is 0 Å². The fourth-order valence-electron chi connectivity index (χ4n) is 4.01. The average Bonchev–Trinajstić information content (AvgIpc) is 3.26. The van der Waals surface area contributed by atoms with Crippen LogP contribution < -0.4 is 0 Å². The molecule has 1 spiro atoms. The number of carbonyl (C=O) groups is 1. The first-order valence-corrected chi connectivity index (χ1v) is 8.74. The van der Waals surface area contributed by atoms with Crippen LogP contribution in [-0.4, -0.2) is 58.7 Å². The molecule has 0 N–H and O–H groups in total. The summed E-state index contributed by atoms with van der Waals surface area (Å²) in [6.45, 7) is 4.04. The molecule has 3 heterocycles. The summed E-state index contributed by atoms with van der Waals surface area (Å²) in [6, 6.07) is 11.7. The van der Waals surface area contributed by atoms with Crippen LogP contribution in [0.25, 0.3) is 5.69 Å². The average molecular weight is 324 g/mol. The van der Waals surface area contributed by atoms with Gasteiger partial charge in [-0.05, 0) is 63.0 Å². The Bertz CT molecular complexity index is 716. The number of benzene rings is 1. The second kappa shape index (κ2) is 6.06. The van der Waals surface area contributed by atoms with Crippen molar-refractivity contribution in [3.8, 4) is 5.69 Å². The van der Waals surface area contributed by atoms with Gasteiger partial charge in [0.25, 0.3) is 5.91 Å². The molecule has 1 amide bonds. The summed E-state index contributed by atoms with van der Waals surface area (Å²) in [5.41, 5.74) is 1.92. The summed E-state index contributed by atoms with van der Waals surface area (Å²) >= 11 is 0. The van der Waals surface area contributed by atoms with Crippen LogP contribution in [0.15, 0.2) is 42.6 Å². The summed E-state index contributed by atoms with van der Waals surface area (Å²) in [5.74, 6) is 0.104. The second-order valence-electron chi connectivity index (χ2n) is 7.24. The normalized spacial score (nSPS) is 20.6. The van der Waals surface area contributed by atoms with E-state index in [0.29, 0.717) is 11.1 Å². The van der Waals surface area contributed by atoms with Gasteiger partial charge in [0.2, 0.25) is 0 Å². The molecule has 2 fully saturated rings. The van der Waals surface area contributed by atoms with Crippen molar-refractivity contribution < 1.29 is 4.79 Å². The summed E-state index contributed by atoms with van der Waals surface area (Å²) in [4.78, 5) is 17.5. The van der Waals surface area contributed by atoms with E-state index >= 15 is 0 Å². The first-order valence-electron chi connectivity index (χ1n) is 8.74. The van der Waals surface area contributed by atoms with Gasteiger partial charge in [-0.25, -0.2) is 4.68 Å². The number of para-hydroxylation sites is 1. The molecule has 5 heteroatoms. The monoisotopic (exact) mass is 324 g/mol. The molecule has 2 aromatic rings. The number of aromatic nitrogens is 2. The van der Waals surface area contributed by atoms with Crippen molar-refractivity contribution in [3.63, 3.8) is 0 Å². The predicted octanol–water partition coefficient (Wildman–Crippen LogP) is 2.43. The molecule has 0 bridgehead atoms. The lowest BCUT2D eigenvalue weighted by molar-refractivity contribution is 0.0728. The maximum absolute atomic E-state index is 13.0. The minimum Gasteiger partial charge on any atom is -0.337 e. The Labute approximate surface area is 142 Å². The van der Waals surface area contributed by atoms with E-state index in [0.717, 1.165) is 38.3 Å². The molecular formula is C19H24N4O. The van der Waals surface area contributed by atoms with Crippen molar-refractivity contribution in [2.24, 2.45) is 5.41 Å². The van der Waals surface area contributed by atoms with E-state index in [9.17, 15) is 4.79 Å². The highest BCUT2D eigenvalue weighted by atomic mass is 16.2. The van der Waals surface area contributed by atoms with E-state index < -0.39 is 0 Å². The molecular weight excluding hydrogens is 300 g/mol. The van der Waals surface area contributed by atoms with E-state index in [1.807, 2.05) is 41.3 Å². The number of likely N-dealkylation sites (tertiary alicyclic amines) is 2. The van der Waals surface area contributed by atoms with Gasteiger partial charge in [0, 0.05) is 13.1 Å². The van der Waals surface area contributed by atoms with Crippen molar-refractivity contribution >= 4 is 5.91 Å². The van der Waals surface area contributed by atoms with Crippen LogP contribution in [0, 0.1) is 5.41 Å². The molecule has 1 aromatic carbocycles. The zero-order chi connectivity index (χ0) is 16.6. The van der Waals surface area contributed by atoms with Gasteiger partial charge in [-0.2, -0.15) is 5.10 Å². The van der Waals surface area contributed by atoms with Gasteiger partial charge in [-0.15, -0.1) is 0 Å². The lowest BCUT2D eigenvalue weighted by Gasteiger charge is -2.37. The molecule has 0 radical (unpaired) electrons. The minimum atomic E-state index is 0.104. The number of rotatable bonds is 2. The van der Waals surface area contributed by atoms with E-state index in [4.69, 9.17) is 0 Å². The molecule has 0 aliphatic carbocycles. The van der Waals surface area contributed by atoms with Gasteiger partial charge >= 0.3 is 0 Å². The molecule has 0 unspecified atom stereocenters. The Morgan fingerprint density at radius 3 is 2.50 bits per heavy atom. The zero-order valence-electron chi connectivity index (χ0n) is 14.2. The van der Waals surface area contributed by atoms with Crippen LogP contribution in [0.4, 0.5) is 0 Å². The van der Waals surface area contributed by atoms with Gasteiger partial charge in [-0.3, -0.25) is 4.79 Å². The molecule has 4 rings (SSSR count). The van der Waals surface area contributed by atoms with Crippen LogP contribution in [0.2, 0.25) is 0 Å². The number of amides is 1. The Kier molecular flexibility index (Phi) is 3.88. The molecule has 1 aromatic heterocycles. The van der Waals surface area contributed by atoms with E-state index in [2.05, 4.69) is 17.0 Å². The van der Waals surface area contributed by atoms with Gasteiger partial charge in [-0.1, -0.05) is 18.2 Å². The van der Waals surface area contributed by atoms with Crippen LogP contribution >= 0.6 is 0 Å². The van der Waals surface area contributed by atoms with E-state index in [-0.39, 0.29) is 5.91 Å². The number of hydrogen-bond acceptors (Lipinski definition) is 3. The predicted molar refractivity (Wildman–Crippen MR) is 93.2 cm³/mol. The van der Waals surface area contributed by atoms with Crippen LogP contribution in [0.1, 0.15) is 29.8 Å². The standard InChI is InChI=1S/C19H24N4O/c1-21-12-8-19(9-13-21)10-14-22(15-19)18(24)17-7-11-20-23(17)16-5-3-2-4-6-16/h2-7,11H,8-10,12-15H2,1H3. The van der Waals surface area contributed by atoms with Crippen molar-refractivity contribution in [1.29, 1.82) is 0 Å². The van der Waals surface area contributed by atoms with Crippen LogP contribution in [0.5, 0.6) is 0 Å². The summed E-state index contributed by atoms with van der Waals surface area (Å²) < 4.78 is 1.75. The molecule has 0 atom stereocenters. The lowest BCUT2D eigenvalue weighted by Crippen LogP contribution is -2.40. The maximum Gasteiger partial charge on any atom is 0.272 e. The Hall–Kier alpha value is -2.14. The smallest absolute Gasteiger partial charge is 0.272 e. The van der Waals surface area contributed by atoms with E-state index in [1.54, 1.807) is 10.9 Å². The maximum atomic E-state index is 13.0. The largest absolute Gasteiger partial charge is 0.337 e. The third kappa shape index (κ3) is 2.73. The van der Waals surface area contributed by atoms with E-state index in [1.165, 1.54) is 12.8 Å². The molecule has 24 heavy (non-hydrogen) atoms. The highest BCUT2D eigenvalue weighted by Crippen LogP contribution is 2.40. The SMILES string of the molecule is CN1CCC2(CC1)CCN(C(=O)c1ccnn1-c1ccccc1)C2. The van der Waals surface area contributed by atoms with Gasteiger partial charge < -0.3 is 9.80 Å². The summed E-state index contributed by atoms with van der Waals surface area (Å²) in [7, 11) is 2.18. The fourth-order valence-corrected chi connectivity index (χ4v) is 4.01. The van der Waals surface area contributed by atoms with Crippen molar-refractivity contribution in [1.82, 2.24) is 19.6 Å². The molecule has 0 saturated carbocycles. The lowest BCUT2D eigenvalue weighted by atomic mass is 9.78. The Morgan fingerprint density at radius 1 is 1.04 bits per heavy atom. The molecule has 126 valence electrons. The van der Waals surface area contributed by atoms with Gasteiger partial charge in [0.15, 0.2) is 0 Å². The molecule has 2 saturated heterocycles. The zero-order valence-corrected chi connectivity index (χ0v) is 14.2. The fraction of sp³-hybridized carbons (Fsp3) is 0.474. The molecule has 5 nitrogen and oxygen atoms in total. The molecule has 2 aliphatic rings. The third-order valence-corrected chi connectivity index (χ3v) is 5.64.